The highest BCUT2D eigenvalue weighted by atomic mass is 32.2. The Labute approximate surface area is 122 Å². The zero-order valence-electron chi connectivity index (χ0n) is 12.1. The van der Waals surface area contributed by atoms with Crippen molar-refractivity contribution in [1.82, 2.24) is 10.2 Å². The van der Waals surface area contributed by atoms with Crippen molar-refractivity contribution < 1.29 is 0 Å². The Balaban J connectivity index is 2.01. The predicted octanol–water partition coefficient (Wildman–Crippen LogP) is 3.16. The molecule has 19 heavy (non-hydrogen) atoms. The van der Waals surface area contributed by atoms with Crippen LogP contribution in [0.4, 0.5) is 0 Å². The van der Waals surface area contributed by atoms with E-state index >= 15 is 0 Å². The Morgan fingerprint density at radius 2 is 2.00 bits per heavy atom. The van der Waals surface area contributed by atoms with Crippen LogP contribution in [0.2, 0.25) is 0 Å². The van der Waals surface area contributed by atoms with Crippen molar-refractivity contribution in [2.45, 2.75) is 32.4 Å². The number of likely N-dealkylation sites (N-methyl/N-ethyl adjacent to an activating group) is 1. The summed E-state index contributed by atoms with van der Waals surface area (Å²) in [5.74, 6) is 2.60. The van der Waals surface area contributed by atoms with E-state index in [0.717, 1.165) is 19.6 Å². The highest BCUT2D eigenvalue weighted by molar-refractivity contribution is 7.99. The highest BCUT2D eigenvalue weighted by Crippen LogP contribution is 2.22. The molecule has 0 bridgehead atoms. The molecule has 1 aromatic carbocycles. The maximum Gasteiger partial charge on any atom is 0.0472 e. The molecular weight excluding hydrogens is 252 g/mol. The van der Waals surface area contributed by atoms with Crippen molar-refractivity contribution in [3.8, 4) is 0 Å². The molecule has 0 aromatic heterocycles. The quantitative estimate of drug-likeness (QED) is 0.825. The van der Waals surface area contributed by atoms with Gasteiger partial charge in [0.25, 0.3) is 0 Å². The van der Waals surface area contributed by atoms with E-state index in [1.165, 1.54) is 23.5 Å². The van der Waals surface area contributed by atoms with Crippen LogP contribution < -0.4 is 5.32 Å². The van der Waals surface area contributed by atoms with Crippen LogP contribution in [0, 0.1) is 0 Å². The molecule has 1 heterocycles. The van der Waals surface area contributed by atoms with Crippen LogP contribution in [0.15, 0.2) is 30.3 Å². The van der Waals surface area contributed by atoms with Crippen molar-refractivity contribution >= 4 is 11.8 Å². The maximum atomic E-state index is 3.77. The SMILES string of the molecule is CCN(CC)C(CNC1CCSC1)c1ccccc1. The molecule has 2 atom stereocenters. The van der Waals surface area contributed by atoms with Gasteiger partial charge in [0, 0.05) is 24.4 Å². The Hall–Kier alpha value is -0.510. The second-order valence-electron chi connectivity index (χ2n) is 5.12. The van der Waals surface area contributed by atoms with E-state index in [2.05, 4.69) is 66.2 Å². The van der Waals surface area contributed by atoms with Crippen molar-refractivity contribution in [3.63, 3.8) is 0 Å². The summed E-state index contributed by atoms with van der Waals surface area (Å²) in [5.41, 5.74) is 1.43. The van der Waals surface area contributed by atoms with Gasteiger partial charge in [-0.05, 0) is 30.8 Å². The van der Waals surface area contributed by atoms with E-state index in [1.807, 2.05) is 0 Å². The lowest BCUT2D eigenvalue weighted by molar-refractivity contribution is 0.209. The van der Waals surface area contributed by atoms with E-state index in [9.17, 15) is 0 Å². The van der Waals surface area contributed by atoms with Gasteiger partial charge in [0.2, 0.25) is 0 Å². The van der Waals surface area contributed by atoms with Crippen molar-refractivity contribution in [3.05, 3.63) is 35.9 Å². The van der Waals surface area contributed by atoms with Crippen LogP contribution >= 0.6 is 11.8 Å². The Morgan fingerprint density at radius 1 is 1.26 bits per heavy atom. The lowest BCUT2D eigenvalue weighted by atomic mass is 10.0. The molecule has 3 heteroatoms. The first kappa shape index (κ1) is 14.9. The third kappa shape index (κ3) is 4.23. The first-order chi connectivity index (χ1) is 9.35. The number of nitrogens with one attached hydrogen (secondary N) is 1. The first-order valence-electron chi connectivity index (χ1n) is 7.45. The molecule has 2 unspecified atom stereocenters. The number of benzene rings is 1. The van der Waals surface area contributed by atoms with E-state index < -0.39 is 0 Å². The summed E-state index contributed by atoms with van der Waals surface area (Å²) in [6.07, 6.45) is 1.32. The molecule has 0 radical (unpaired) electrons. The van der Waals surface area contributed by atoms with Gasteiger partial charge in [0.15, 0.2) is 0 Å². The summed E-state index contributed by atoms with van der Waals surface area (Å²) in [5, 5.41) is 3.77. The molecule has 2 rings (SSSR count). The standard InChI is InChI=1S/C16H26N2S/c1-3-18(4-2)16(14-8-6-5-7-9-14)12-17-15-10-11-19-13-15/h5-9,15-17H,3-4,10-13H2,1-2H3. The fourth-order valence-electron chi connectivity index (χ4n) is 2.77. The fraction of sp³-hybridized carbons (Fsp3) is 0.625. The molecule has 1 aromatic rings. The minimum atomic E-state index is 0.502. The van der Waals surface area contributed by atoms with E-state index in [-0.39, 0.29) is 0 Å². The van der Waals surface area contributed by atoms with Gasteiger partial charge in [0.1, 0.15) is 0 Å². The monoisotopic (exact) mass is 278 g/mol. The van der Waals surface area contributed by atoms with Crippen LogP contribution in [-0.4, -0.2) is 42.1 Å². The molecule has 1 fully saturated rings. The highest BCUT2D eigenvalue weighted by Gasteiger charge is 2.21. The average Bonchev–Trinajstić information content (AvgIpc) is 2.97. The van der Waals surface area contributed by atoms with E-state index in [0.29, 0.717) is 12.1 Å². The van der Waals surface area contributed by atoms with E-state index in [4.69, 9.17) is 0 Å². The summed E-state index contributed by atoms with van der Waals surface area (Å²) < 4.78 is 0. The second-order valence-corrected chi connectivity index (χ2v) is 6.27. The average molecular weight is 278 g/mol. The third-order valence-corrected chi connectivity index (χ3v) is 5.13. The van der Waals surface area contributed by atoms with Gasteiger partial charge < -0.3 is 5.32 Å². The van der Waals surface area contributed by atoms with Crippen molar-refractivity contribution in [2.24, 2.45) is 0 Å². The zero-order valence-corrected chi connectivity index (χ0v) is 13.0. The van der Waals surface area contributed by atoms with Gasteiger partial charge in [-0.3, -0.25) is 4.90 Å². The van der Waals surface area contributed by atoms with Crippen LogP contribution in [-0.2, 0) is 0 Å². The maximum absolute atomic E-state index is 3.77. The fourth-order valence-corrected chi connectivity index (χ4v) is 3.96. The van der Waals surface area contributed by atoms with Crippen LogP contribution in [0.25, 0.3) is 0 Å². The third-order valence-electron chi connectivity index (χ3n) is 3.97. The Morgan fingerprint density at radius 3 is 2.58 bits per heavy atom. The van der Waals surface area contributed by atoms with Gasteiger partial charge >= 0.3 is 0 Å². The van der Waals surface area contributed by atoms with Crippen LogP contribution in [0.3, 0.4) is 0 Å². The molecule has 0 aliphatic carbocycles. The Kier molecular flexibility index (Phi) is 6.21. The van der Waals surface area contributed by atoms with Gasteiger partial charge in [-0.1, -0.05) is 44.2 Å². The van der Waals surface area contributed by atoms with E-state index in [1.54, 1.807) is 0 Å². The summed E-state index contributed by atoms with van der Waals surface area (Å²) >= 11 is 2.07. The second kappa shape index (κ2) is 7.93. The van der Waals surface area contributed by atoms with Crippen molar-refractivity contribution in [1.29, 1.82) is 0 Å². The molecule has 1 aliphatic rings. The smallest absolute Gasteiger partial charge is 0.0472 e. The summed E-state index contributed by atoms with van der Waals surface area (Å²) in [4.78, 5) is 2.55. The molecule has 0 spiro atoms. The largest absolute Gasteiger partial charge is 0.311 e. The number of hydrogen-bond acceptors (Lipinski definition) is 3. The Bertz CT molecular complexity index is 345. The molecule has 0 saturated carbocycles. The number of nitrogens with zero attached hydrogens (tertiary/aromatic N) is 1. The van der Waals surface area contributed by atoms with Crippen molar-refractivity contribution in [2.75, 3.05) is 31.1 Å². The van der Waals surface area contributed by atoms with Gasteiger partial charge in [-0.15, -0.1) is 0 Å². The lowest BCUT2D eigenvalue weighted by Gasteiger charge is -2.31. The molecule has 2 nitrogen and oxygen atoms in total. The van der Waals surface area contributed by atoms with Gasteiger partial charge in [-0.2, -0.15) is 11.8 Å². The van der Waals surface area contributed by atoms with Crippen LogP contribution in [0.5, 0.6) is 0 Å². The van der Waals surface area contributed by atoms with Gasteiger partial charge in [0.05, 0.1) is 0 Å². The number of rotatable bonds is 7. The molecule has 1 saturated heterocycles. The molecule has 0 amide bonds. The number of thioether (sulfide) groups is 1. The topological polar surface area (TPSA) is 15.3 Å². The zero-order chi connectivity index (χ0) is 13.5. The normalized spacial score (nSPS) is 20.9. The lowest BCUT2D eigenvalue weighted by Crippen LogP contribution is -2.39. The first-order valence-corrected chi connectivity index (χ1v) is 8.60. The minimum absolute atomic E-state index is 0.502. The molecular formula is C16H26N2S. The van der Waals surface area contributed by atoms with Crippen LogP contribution in [0.1, 0.15) is 31.9 Å². The molecule has 1 aliphatic heterocycles. The summed E-state index contributed by atoms with van der Waals surface area (Å²) in [6.45, 7) is 7.79. The summed E-state index contributed by atoms with van der Waals surface area (Å²) in [6, 6.07) is 12.1. The van der Waals surface area contributed by atoms with Gasteiger partial charge in [-0.25, -0.2) is 0 Å². The molecule has 1 N–H and O–H groups in total. The predicted molar refractivity (Wildman–Crippen MR) is 85.8 cm³/mol. The summed E-state index contributed by atoms with van der Waals surface area (Å²) in [7, 11) is 0. The minimum Gasteiger partial charge on any atom is -0.311 e. The molecule has 106 valence electrons. The number of hydrogen-bond donors (Lipinski definition) is 1.